The molecule has 0 spiro atoms. The average Bonchev–Trinajstić information content (AvgIpc) is 1.68. The highest BCUT2D eigenvalue weighted by Crippen LogP contribution is 2.33. The Bertz CT molecular complexity index is 86.9. The van der Waals surface area contributed by atoms with Crippen molar-refractivity contribution in [2.75, 3.05) is 6.66 Å². The maximum Gasteiger partial charge on any atom is 0.322 e. The summed E-state index contributed by atoms with van der Waals surface area (Å²) < 4.78 is 0. The van der Waals surface area contributed by atoms with Crippen LogP contribution in [-0.2, 0) is 11.8 Å². The van der Waals surface area contributed by atoms with Gasteiger partial charge in [-0.1, -0.05) is 5.79 Å². The van der Waals surface area contributed by atoms with E-state index in [9.17, 15) is 0 Å². The highest BCUT2D eigenvalue weighted by Gasteiger charge is 2.05. The number of hydrogen-bond acceptors (Lipinski definition) is 2. The Hall–Kier alpha value is 0.805. The quantitative estimate of drug-likeness (QED) is 0.392. The van der Waals surface area contributed by atoms with Gasteiger partial charge < -0.3 is 5.02 Å². The van der Waals surface area contributed by atoms with Gasteiger partial charge in [-0.2, -0.15) is 0 Å². The molecule has 1 unspecified atom stereocenters. The minimum Gasteiger partial charge on any atom is -0.450 e. The fraction of sp³-hybridized carbons (Fsp3) is 1.00. The molecular weight excluding hydrogens is 123 g/mol. The minimum atomic E-state index is -1.74. The fourth-order valence-electron chi connectivity index (χ4n) is 0.0385. The summed E-state index contributed by atoms with van der Waals surface area (Å²) in [4.78, 5) is 0. The summed E-state index contributed by atoms with van der Waals surface area (Å²) in [6.45, 7) is 3.10. The van der Waals surface area contributed by atoms with E-state index in [-0.39, 0.29) is 0 Å². The van der Waals surface area contributed by atoms with Crippen molar-refractivity contribution in [3.05, 3.63) is 0 Å². The first-order chi connectivity index (χ1) is 3.12. The highest BCUT2D eigenvalue weighted by atomic mass is 32.4. The van der Waals surface area contributed by atoms with Crippen LogP contribution in [0.1, 0.15) is 0 Å². The summed E-state index contributed by atoms with van der Waals surface area (Å²) in [5.74, 6) is -1.74. The van der Waals surface area contributed by atoms with Crippen molar-refractivity contribution < 1.29 is 5.02 Å². The highest BCUT2D eigenvalue weighted by molar-refractivity contribution is 8.41. The first kappa shape index (κ1) is 7.80. The van der Waals surface area contributed by atoms with Crippen LogP contribution in [0.3, 0.4) is 0 Å². The zero-order valence-electron chi connectivity index (χ0n) is 4.03. The Morgan fingerprint density at radius 1 is 1.86 bits per heavy atom. The molecule has 1 atom stereocenters. The summed E-state index contributed by atoms with van der Waals surface area (Å²) in [5, 5.41) is 8.30. The van der Waals surface area contributed by atoms with Gasteiger partial charge in [0.25, 0.3) is 0 Å². The van der Waals surface area contributed by atoms with Crippen molar-refractivity contribution in [2.45, 2.75) is 0 Å². The van der Waals surface area contributed by atoms with Gasteiger partial charge in [0.1, 0.15) is 0 Å². The van der Waals surface area contributed by atoms with Gasteiger partial charge in [0.05, 0.1) is 6.89 Å². The van der Waals surface area contributed by atoms with Gasteiger partial charge in [-0.05, 0) is 6.66 Å². The summed E-state index contributed by atoms with van der Waals surface area (Å²) in [6.07, 6.45) is 0. The molecule has 1 nitrogen and oxygen atoms in total. The minimum absolute atomic E-state index is 0.988. The van der Waals surface area contributed by atoms with Crippen LogP contribution in [0.5, 0.6) is 0 Å². The molecule has 0 aliphatic rings. The first-order valence-corrected chi connectivity index (χ1v) is 5.13. The second kappa shape index (κ2) is 2.96. The molecule has 0 heterocycles. The van der Waals surface area contributed by atoms with E-state index in [0.717, 1.165) is 7.20 Å². The van der Waals surface area contributed by atoms with Gasteiger partial charge in [-0.25, -0.2) is 0 Å². The topological polar surface area (TPSA) is 20.2 Å². The largest absolute Gasteiger partial charge is 0.450 e. The monoisotopic (exact) mass is 128 g/mol. The van der Waals surface area contributed by atoms with Crippen molar-refractivity contribution in [1.29, 1.82) is 0 Å². The van der Waals surface area contributed by atoms with E-state index in [1.165, 1.54) is 6.89 Å². The predicted octanol–water partition coefficient (Wildman–Crippen LogP) is -0.675. The smallest absolute Gasteiger partial charge is 0.322 e. The van der Waals surface area contributed by atoms with Crippen LogP contribution >= 0.6 is 5.79 Å². The fourth-order valence-corrected chi connectivity index (χ4v) is 0.115. The molecule has 7 heavy (non-hydrogen) atoms. The Morgan fingerprint density at radius 3 is 2.29 bits per heavy atom. The van der Waals surface area contributed by atoms with Crippen LogP contribution in [-0.4, -0.2) is 33.5 Å². The molecule has 0 aliphatic heterocycles. The third-order valence-electron chi connectivity index (χ3n) is 0.525. The van der Waals surface area contributed by atoms with Gasteiger partial charge >= 0.3 is 7.20 Å². The predicted molar refractivity (Wildman–Crippen MR) is 39.7 cm³/mol. The molecule has 6 heteroatoms. The third kappa shape index (κ3) is 3.39. The lowest BCUT2D eigenvalue weighted by Gasteiger charge is -2.04. The van der Waals surface area contributed by atoms with Crippen LogP contribution in [0, 0.1) is 0 Å². The van der Waals surface area contributed by atoms with Crippen molar-refractivity contribution in [3.8, 4) is 0 Å². The Labute approximate surface area is 51.7 Å². The molecule has 0 bridgehead atoms. The lowest BCUT2D eigenvalue weighted by molar-refractivity contribution is 0.622. The maximum atomic E-state index is 8.30. The molecule has 0 aliphatic carbocycles. The molecule has 0 aromatic heterocycles. The lowest BCUT2D eigenvalue weighted by Crippen LogP contribution is -1.98. The zero-order chi connectivity index (χ0) is 5.91. The Balaban J connectivity index is 3.61. The second-order valence-corrected chi connectivity index (χ2v) is 6.33. The average molecular weight is 128 g/mol. The molecule has 1 N–H and O–H groups in total. The van der Waals surface area contributed by atoms with Crippen molar-refractivity contribution in [1.82, 2.24) is 0 Å². The normalized spacial score (nSPS) is 17.4. The molecule has 0 rings (SSSR count). The summed E-state index contributed by atoms with van der Waals surface area (Å²) in [5.41, 5.74) is 0. The van der Waals surface area contributed by atoms with Crippen molar-refractivity contribution in [3.63, 3.8) is 0 Å². The first-order valence-electron chi connectivity index (χ1n) is 1.74. The van der Waals surface area contributed by atoms with Gasteiger partial charge in [-0.3, -0.25) is 0 Å². The molecule has 0 aromatic carbocycles. The van der Waals surface area contributed by atoms with E-state index in [1.807, 2.05) is 0 Å². The Morgan fingerprint density at radius 2 is 2.29 bits per heavy atom. The summed E-state index contributed by atoms with van der Waals surface area (Å²) >= 11 is 4.77. The molecule has 0 saturated carbocycles. The van der Waals surface area contributed by atoms with Crippen LogP contribution in [0.4, 0.5) is 0 Å². The Kier molecular flexibility index (Phi) is 3.30. The molecule has 4 radical (unpaired) electrons. The van der Waals surface area contributed by atoms with Crippen LogP contribution in [0.15, 0.2) is 0 Å². The van der Waals surface area contributed by atoms with E-state index in [0.29, 0.717) is 0 Å². The molecule has 0 amide bonds. The van der Waals surface area contributed by atoms with E-state index in [2.05, 4.69) is 0 Å². The number of rotatable bonds is 2. The molecule has 0 aromatic rings. The second-order valence-electron chi connectivity index (χ2n) is 1.32. The SMILES string of the molecule is [B][B]P(C)(=S)[B]O. The van der Waals surface area contributed by atoms with Crippen molar-refractivity contribution >= 4 is 39.4 Å². The van der Waals surface area contributed by atoms with E-state index in [1.54, 1.807) is 6.66 Å². The third-order valence-corrected chi connectivity index (χ3v) is 2.22. The van der Waals surface area contributed by atoms with Gasteiger partial charge in [-0.15, -0.1) is 11.8 Å². The van der Waals surface area contributed by atoms with Gasteiger partial charge in [0.15, 0.2) is 0 Å². The zero-order valence-corrected chi connectivity index (χ0v) is 5.75. The molecule has 0 saturated heterocycles. The van der Waals surface area contributed by atoms with E-state index in [4.69, 9.17) is 24.6 Å². The van der Waals surface area contributed by atoms with E-state index >= 15 is 0 Å². The van der Waals surface area contributed by atoms with Gasteiger partial charge in [0.2, 0.25) is 0 Å². The van der Waals surface area contributed by atoms with Crippen molar-refractivity contribution in [2.24, 2.45) is 0 Å². The van der Waals surface area contributed by atoms with Crippen LogP contribution in [0.25, 0.3) is 0 Å². The molecular formula is CH4B3OPS. The summed E-state index contributed by atoms with van der Waals surface area (Å²) in [6, 6.07) is 0. The standard InChI is InChI=1S/CH4B3OPS/c1-6(7,3-2)4-5/h5H,1H3. The summed E-state index contributed by atoms with van der Waals surface area (Å²) in [7, 11) is 6.03. The van der Waals surface area contributed by atoms with Gasteiger partial charge in [0, 0.05) is 7.74 Å². The van der Waals surface area contributed by atoms with Crippen LogP contribution in [0.2, 0.25) is 0 Å². The molecule has 34 valence electrons. The lowest BCUT2D eigenvalue weighted by atomic mass is 9.79. The maximum absolute atomic E-state index is 8.30. The number of hydrogen-bond donors (Lipinski definition) is 1. The van der Waals surface area contributed by atoms with Crippen LogP contribution < -0.4 is 0 Å². The van der Waals surface area contributed by atoms with E-state index < -0.39 is 5.79 Å². The molecule has 0 fully saturated rings.